The number of thiazole rings is 1. The number of anilines is 2. The van der Waals surface area contributed by atoms with Gasteiger partial charge >= 0.3 is 0 Å². The lowest BCUT2D eigenvalue weighted by atomic mass is 10.1. The van der Waals surface area contributed by atoms with Crippen molar-refractivity contribution in [3.8, 4) is 0 Å². The number of hydrogen-bond donors (Lipinski definition) is 1. The largest absolute Gasteiger partial charge is 0.298 e. The Morgan fingerprint density at radius 3 is 2.23 bits per heavy atom. The number of nitrogens with one attached hydrogen (secondary N) is 1. The van der Waals surface area contributed by atoms with Crippen molar-refractivity contribution in [3.05, 3.63) is 88.5 Å². The molecule has 6 nitrogen and oxygen atoms in total. The van der Waals surface area contributed by atoms with Gasteiger partial charge in [-0.05, 0) is 67.4 Å². The second kappa shape index (κ2) is 7.14. The predicted octanol–water partition coefficient (Wildman–Crippen LogP) is 4.97. The Bertz CT molecular complexity index is 1350. The van der Waals surface area contributed by atoms with Gasteiger partial charge in [0.2, 0.25) is 0 Å². The SMILES string of the molecule is Cc1cc(C)c2nc(NC(=O)c3ccc(N4C(=O)c5ccccc5C4=O)cc3)sc2c1. The normalized spacial score (nSPS) is 13.0. The van der Waals surface area contributed by atoms with Crippen LogP contribution in [0.2, 0.25) is 0 Å². The fourth-order valence-electron chi connectivity index (χ4n) is 3.78. The Morgan fingerprint density at radius 2 is 1.58 bits per heavy atom. The number of rotatable bonds is 3. The monoisotopic (exact) mass is 427 g/mol. The van der Waals surface area contributed by atoms with Gasteiger partial charge in [0.05, 0.1) is 27.0 Å². The van der Waals surface area contributed by atoms with Gasteiger partial charge in [-0.25, -0.2) is 9.88 Å². The van der Waals surface area contributed by atoms with Crippen LogP contribution in [0, 0.1) is 13.8 Å². The first-order valence-electron chi connectivity index (χ1n) is 9.69. The molecule has 0 spiro atoms. The van der Waals surface area contributed by atoms with E-state index in [9.17, 15) is 14.4 Å². The number of fused-ring (bicyclic) bond motifs is 2. The van der Waals surface area contributed by atoms with Crippen LogP contribution in [0.1, 0.15) is 42.2 Å². The number of imide groups is 1. The van der Waals surface area contributed by atoms with Crippen molar-refractivity contribution in [2.75, 3.05) is 10.2 Å². The van der Waals surface area contributed by atoms with E-state index in [-0.39, 0.29) is 17.7 Å². The van der Waals surface area contributed by atoms with E-state index >= 15 is 0 Å². The third kappa shape index (κ3) is 3.19. The van der Waals surface area contributed by atoms with Crippen molar-refractivity contribution in [1.29, 1.82) is 0 Å². The molecule has 0 fully saturated rings. The van der Waals surface area contributed by atoms with Gasteiger partial charge < -0.3 is 0 Å². The third-order valence-corrected chi connectivity index (χ3v) is 6.15. The fraction of sp³-hybridized carbons (Fsp3) is 0.0833. The predicted molar refractivity (Wildman–Crippen MR) is 121 cm³/mol. The summed E-state index contributed by atoms with van der Waals surface area (Å²) >= 11 is 1.43. The lowest BCUT2D eigenvalue weighted by molar-refractivity contribution is 0.0925. The molecule has 2 heterocycles. The summed E-state index contributed by atoms with van der Waals surface area (Å²) in [4.78, 5) is 43.6. The van der Waals surface area contributed by atoms with Crippen LogP contribution in [-0.2, 0) is 0 Å². The Morgan fingerprint density at radius 1 is 0.935 bits per heavy atom. The number of carbonyl (C=O) groups is 3. The van der Waals surface area contributed by atoms with E-state index in [4.69, 9.17) is 0 Å². The topological polar surface area (TPSA) is 79.4 Å². The molecule has 152 valence electrons. The Kier molecular flexibility index (Phi) is 4.41. The summed E-state index contributed by atoms with van der Waals surface area (Å²) in [6, 6.07) is 17.2. The van der Waals surface area contributed by atoms with Crippen LogP contribution >= 0.6 is 11.3 Å². The maximum Gasteiger partial charge on any atom is 0.266 e. The lowest BCUT2D eigenvalue weighted by Gasteiger charge is -2.14. The van der Waals surface area contributed by atoms with Crippen LogP contribution in [0.3, 0.4) is 0 Å². The molecule has 1 N–H and O–H groups in total. The molecule has 1 aliphatic heterocycles. The highest BCUT2D eigenvalue weighted by Crippen LogP contribution is 2.31. The van der Waals surface area contributed by atoms with E-state index in [2.05, 4.69) is 16.4 Å². The fourth-order valence-corrected chi connectivity index (χ4v) is 4.82. The number of hydrogen-bond acceptors (Lipinski definition) is 5. The molecule has 0 bridgehead atoms. The molecule has 1 aromatic heterocycles. The van der Waals surface area contributed by atoms with E-state index < -0.39 is 0 Å². The first kappa shape index (κ1) is 19.1. The van der Waals surface area contributed by atoms with E-state index in [1.165, 1.54) is 11.3 Å². The molecule has 0 aliphatic carbocycles. The molecule has 7 heteroatoms. The maximum absolute atomic E-state index is 12.7. The summed E-state index contributed by atoms with van der Waals surface area (Å²) in [5, 5.41) is 3.36. The van der Waals surface area contributed by atoms with Gasteiger partial charge in [-0.15, -0.1) is 0 Å². The smallest absolute Gasteiger partial charge is 0.266 e. The summed E-state index contributed by atoms with van der Waals surface area (Å²) < 4.78 is 1.02. The zero-order valence-corrected chi connectivity index (χ0v) is 17.6. The summed E-state index contributed by atoms with van der Waals surface area (Å²) in [6.07, 6.45) is 0. The number of carbonyl (C=O) groups excluding carboxylic acids is 3. The van der Waals surface area contributed by atoms with Gasteiger partial charge in [-0.2, -0.15) is 0 Å². The van der Waals surface area contributed by atoms with Gasteiger partial charge in [0, 0.05) is 5.56 Å². The number of aromatic nitrogens is 1. The average Bonchev–Trinajstić information content (AvgIpc) is 3.27. The summed E-state index contributed by atoms with van der Waals surface area (Å²) in [6.45, 7) is 4.03. The van der Waals surface area contributed by atoms with Crippen LogP contribution in [0.15, 0.2) is 60.7 Å². The molecule has 0 atom stereocenters. The summed E-state index contributed by atoms with van der Waals surface area (Å²) in [7, 11) is 0. The Balaban J connectivity index is 1.37. The first-order chi connectivity index (χ1) is 14.9. The average molecular weight is 427 g/mol. The van der Waals surface area contributed by atoms with Crippen molar-refractivity contribution in [2.45, 2.75) is 13.8 Å². The molecule has 0 unspecified atom stereocenters. The molecule has 0 radical (unpaired) electrons. The number of aryl methyl sites for hydroxylation is 2. The molecule has 0 saturated heterocycles. The summed E-state index contributed by atoms with van der Waals surface area (Å²) in [5.41, 5.74) is 4.70. The Labute approximate surface area is 182 Å². The van der Waals surface area contributed by atoms with Crippen LogP contribution in [-0.4, -0.2) is 22.7 Å². The first-order valence-corrected chi connectivity index (χ1v) is 10.5. The molecular weight excluding hydrogens is 410 g/mol. The van der Waals surface area contributed by atoms with E-state index in [1.807, 2.05) is 19.9 Å². The number of amides is 3. The maximum atomic E-state index is 12.7. The van der Waals surface area contributed by atoms with Gasteiger partial charge in [0.15, 0.2) is 5.13 Å². The van der Waals surface area contributed by atoms with E-state index in [1.54, 1.807) is 48.5 Å². The minimum absolute atomic E-state index is 0.303. The molecule has 31 heavy (non-hydrogen) atoms. The number of nitrogens with zero attached hydrogens (tertiary/aromatic N) is 2. The standard InChI is InChI=1S/C24H17N3O3S/c1-13-11-14(2)20-19(12-13)31-24(25-20)26-21(28)15-7-9-16(10-8-15)27-22(29)17-5-3-4-6-18(17)23(27)30/h3-12H,1-2H3,(H,25,26,28). The van der Waals surface area contributed by atoms with Gasteiger partial charge in [-0.3, -0.25) is 19.7 Å². The minimum atomic E-state index is -0.363. The van der Waals surface area contributed by atoms with Crippen LogP contribution in [0.25, 0.3) is 10.2 Å². The van der Waals surface area contributed by atoms with Gasteiger partial charge in [0.25, 0.3) is 17.7 Å². The molecule has 4 aromatic rings. The van der Waals surface area contributed by atoms with Crippen molar-refractivity contribution >= 4 is 50.1 Å². The lowest BCUT2D eigenvalue weighted by Crippen LogP contribution is -2.29. The molecule has 0 saturated carbocycles. The minimum Gasteiger partial charge on any atom is -0.298 e. The van der Waals surface area contributed by atoms with Crippen molar-refractivity contribution < 1.29 is 14.4 Å². The second-order valence-corrected chi connectivity index (χ2v) is 8.47. The van der Waals surface area contributed by atoms with E-state index in [0.717, 1.165) is 26.2 Å². The Hall–Kier alpha value is -3.84. The van der Waals surface area contributed by atoms with Crippen molar-refractivity contribution in [3.63, 3.8) is 0 Å². The number of benzene rings is 3. The molecule has 5 rings (SSSR count). The van der Waals surface area contributed by atoms with Crippen LogP contribution in [0.5, 0.6) is 0 Å². The second-order valence-electron chi connectivity index (χ2n) is 7.44. The third-order valence-electron chi connectivity index (χ3n) is 5.23. The summed E-state index contributed by atoms with van der Waals surface area (Å²) in [5.74, 6) is -1.03. The van der Waals surface area contributed by atoms with Gasteiger partial charge in [0.1, 0.15) is 0 Å². The highest BCUT2D eigenvalue weighted by Gasteiger charge is 2.36. The van der Waals surface area contributed by atoms with Gasteiger partial charge in [-0.1, -0.05) is 29.5 Å². The highest BCUT2D eigenvalue weighted by molar-refractivity contribution is 7.22. The van der Waals surface area contributed by atoms with E-state index in [0.29, 0.717) is 27.5 Å². The molecule has 3 aromatic carbocycles. The molecular formula is C24H17N3O3S. The van der Waals surface area contributed by atoms with Crippen LogP contribution < -0.4 is 10.2 Å². The zero-order valence-electron chi connectivity index (χ0n) is 16.8. The molecule has 3 amide bonds. The zero-order chi connectivity index (χ0) is 21.7. The van der Waals surface area contributed by atoms with Crippen molar-refractivity contribution in [1.82, 2.24) is 4.98 Å². The highest BCUT2D eigenvalue weighted by atomic mass is 32.1. The van der Waals surface area contributed by atoms with Crippen LogP contribution in [0.4, 0.5) is 10.8 Å². The molecule has 1 aliphatic rings. The van der Waals surface area contributed by atoms with Crippen molar-refractivity contribution in [2.24, 2.45) is 0 Å². The quantitative estimate of drug-likeness (QED) is 0.469.